The second-order valence-electron chi connectivity index (χ2n) is 3.99. The van der Waals surface area contributed by atoms with E-state index in [0.29, 0.717) is 0 Å². The van der Waals surface area contributed by atoms with E-state index in [4.69, 9.17) is 0 Å². The minimum absolute atomic E-state index is 0.881. The van der Waals surface area contributed by atoms with Crippen LogP contribution in [0.3, 0.4) is 0 Å². The molecule has 0 aliphatic carbocycles. The van der Waals surface area contributed by atoms with Crippen LogP contribution in [0, 0.1) is 6.92 Å². The Morgan fingerprint density at radius 2 is 2.17 bits per heavy atom. The molecule has 1 N–H and O–H groups in total. The van der Waals surface area contributed by atoms with Crippen molar-refractivity contribution in [3.05, 3.63) is 58.0 Å². The predicted molar refractivity (Wildman–Crippen MR) is 82.4 cm³/mol. The summed E-state index contributed by atoms with van der Waals surface area (Å²) in [6, 6.07) is 4.18. The summed E-state index contributed by atoms with van der Waals surface area (Å²) in [5.74, 6) is 0.881. The molecule has 1 aromatic rings. The standard InChI is InChI=1S/C15H20N2S/c1-6-7-8-13(11(2)3)17-15(16-5)14-10-9-12(4)18-14/h6-10H,2H2,1,3-5H3,(H,16,17)/b7-6-,13-8+. The van der Waals surface area contributed by atoms with Crippen LogP contribution in [-0.2, 0) is 0 Å². The molecule has 3 heteroatoms. The lowest BCUT2D eigenvalue weighted by Crippen LogP contribution is -2.23. The molecule has 0 atom stereocenters. The smallest absolute Gasteiger partial charge is 0.142 e. The summed E-state index contributed by atoms with van der Waals surface area (Å²) < 4.78 is 0. The van der Waals surface area contributed by atoms with Gasteiger partial charge < -0.3 is 5.32 Å². The van der Waals surface area contributed by atoms with Crippen LogP contribution in [0.4, 0.5) is 0 Å². The Morgan fingerprint density at radius 3 is 2.61 bits per heavy atom. The van der Waals surface area contributed by atoms with Crippen molar-refractivity contribution in [3.63, 3.8) is 0 Å². The van der Waals surface area contributed by atoms with E-state index >= 15 is 0 Å². The molecule has 1 aromatic heterocycles. The normalized spacial score (nSPS) is 13.1. The molecule has 0 bridgehead atoms. The number of hydrogen-bond acceptors (Lipinski definition) is 2. The number of allylic oxidation sites excluding steroid dienone is 4. The van der Waals surface area contributed by atoms with Crippen LogP contribution >= 0.6 is 11.3 Å². The summed E-state index contributed by atoms with van der Waals surface area (Å²) in [6.45, 7) is 10.0. The highest BCUT2D eigenvalue weighted by atomic mass is 32.1. The second kappa shape index (κ2) is 6.97. The largest absolute Gasteiger partial charge is 0.339 e. The first kappa shape index (κ1) is 14.5. The maximum absolute atomic E-state index is 4.31. The van der Waals surface area contributed by atoms with Gasteiger partial charge in [0.15, 0.2) is 0 Å². The molecule has 0 saturated heterocycles. The Bertz CT molecular complexity index is 504. The van der Waals surface area contributed by atoms with E-state index in [0.717, 1.165) is 22.0 Å². The molecule has 0 unspecified atom stereocenters. The molecule has 0 aromatic carbocycles. The molecule has 18 heavy (non-hydrogen) atoms. The highest BCUT2D eigenvalue weighted by molar-refractivity contribution is 7.14. The number of nitrogens with zero attached hydrogens (tertiary/aromatic N) is 1. The Morgan fingerprint density at radius 1 is 1.44 bits per heavy atom. The van der Waals surface area contributed by atoms with Gasteiger partial charge >= 0.3 is 0 Å². The summed E-state index contributed by atoms with van der Waals surface area (Å²) in [6.07, 6.45) is 5.99. The Kier molecular flexibility index (Phi) is 5.59. The van der Waals surface area contributed by atoms with Crippen LogP contribution in [-0.4, -0.2) is 12.9 Å². The molecule has 0 radical (unpaired) electrons. The van der Waals surface area contributed by atoms with Crippen molar-refractivity contribution in [1.82, 2.24) is 5.32 Å². The zero-order valence-corrected chi connectivity index (χ0v) is 12.3. The fourth-order valence-corrected chi connectivity index (χ4v) is 2.26. The molecule has 0 saturated carbocycles. The third-order valence-electron chi connectivity index (χ3n) is 2.37. The SMILES string of the molecule is C=C(C)/C(=C\C=C/C)NC(=NC)c1ccc(C)s1. The van der Waals surface area contributed by atoms with E-state index in [-0.39, 0.29) is 0 Å². The molecule has 2 nitrogen and oxygen atoms in total. The highest BCUT2D eigenvalue weighted by Crippen LogP contribution is 2.16. The molecule has 1 rings (SSSR count). The van der Waals surface area contributed by atoms with Gasteiger partial charge in [-0.15, -0.1) is 11.3 Å². The van der Waals surface area contributed by atoms with Gasteiger partial charge in [0.05, 0.1) is 4.88 Å². The van der Waals surface area contributed by atoms with Crippen LogP contribution in [0.15, 0.2) is 53.2 Å². The van der Waals surface area contributed by atoms with Crippen LogP contribution < -0.4 is 5.32 Å². The Hall–Kier alpha value is -1.61. The van der Waals surface area contributed by atoms with Gasteiger partial charge in [0.25, 0.3) is 0 Å². The summed E-state index contributed by atoms with van der Waals surface area (Å²) >= 11 is 1.73. The van der Waals surface area contributed by atoms with Crippen molar-refractivity contribution in [2.75, 3.05) is 7.05 Å². The number of amidine groups is 1. The van der Waals surface area contributed by atoms with Crippen LogP contribution in [0.1, 0.15) is 23.6 Å². The third-order valence-corrected chi connectivity index (χ3v) is 3.37. The van der Waals surface area contributed by atoms with Gasteiger partial charge in [-0.2, -0.15) is 0 Å². The first-order chi connectivity index (χ1) is 8.58. The monoisotopic (exact) mass is 260 g/mol. The number of thiophene rings is 1. The fourth-order valence-electron chi connectivity index (χ4n) is 1.40. The number of rotatable bonds is 4. The molecule has 0 aliphatic rings. The van der Waals surface area contributed by atoms with E-state index in [2.05, 4.69) is 35.9 Å². The molecule has 0 amide bonds. The van der Waals surface area contributed by atoms with Crippen molar-refractivity contribution in [3.8, 4) is 0 Å². The van der Waals surface area contributed by atoms with Crippen LogP contribution in [0.2, 0.25) is 0 Å². The van der Waals surface area contributed by atoms with Gasteiger partial charge in [0.1, 0.15) is 5.84 Å². The van der Waals surface area contributed by atoms with Gasteiger partial charge in [-0.05, 0) is 44.6 Å². The molecule has 1 heterocycles. The van der Waals surface area contributed by atoms with Crippen molar-refractivity contribution in [2.45, 2.75) is 20.8 Å². The maximum Gasteiger partial charge on any atom is 0.142 e. The lowest BCUT2D eigenvalue weighted by Gasteiger charge is -2.11. The molecular formula is C15H20N2S. The minimum atomic E-state index is 0.881. The van der Waals surface area contributed by atoms with E-state index < -0.39 is 0 Å². The highest BCUT2D eigenvalue weighted by Gasteiger charge is 2.07. The van der Waals surface area contributed by atoms with Crippen molar-refractivity contribution in [1.29, 1.82) is 0 Å². The number of aryl methyl sites for hydroxylation is 1. The predicted octanol–water partition coefficient (Wildman–Crippen LogP) is 4.06. The molecule has 0 fully saturated rings. The molecular weight excluding hydrogens is 240 g/mol. The summed E-state index contributed by atoms with van der Waals surface area (Å²) in [4.78, 5) is 6.73. The quantitative estimate of drug-likeness (QED) is 0.493. The van der Waals surface area contributed by atoms with Gasteiger partial charge in [0, 0.05) is 17.6 Å². The Balaban J connectivity index is 2.95. The summed E-state index contributed by atoms with van der Waals surface area (Å²) in [5, 5.41) is 3.34. The third kappa shape index (κ3) is 4.00. The average Bonchev–Trinajstić information content (AvgIpc) is 2.75. The van der Waals surface area contributed by atoms with E-state index in [1.165, 1.54) is 4.88 Å². The van der Waals surface area contributed by atoms with Crippen molar-refractivity contribution >= 4 is 17.2 Å². The van der Waals surface area contributed by atoms with Crippen LogP contribution in [0.25, 0.3) is 0 Å². The van der Waals surface area contributed by atoms with Gasteiger partial charge in [0.2, 0.25) is 0 Å². The topological polar surface area (TPSA) is 24.4 Å². The van der Waals surface area contributed by atoms with E-state index in [9.17, 15) is 0 Å². The van der Waals surface area contributed by atoms with Gasteiger partial charge in [-0.3, -0.25) is 4.99 Å². The first-order valence-electron chi connectivity index (χ1n) is 5.88. The zero-order chi connectivity index (χ0) is 13.5. The lowest BCUT2D eigenvalue weighted by molar-refractivity contribution is 1.11. The van der Waals surface area contributed by atoms with Crippen molar-refractivity contribution < 1.29 is 0 Å². The van der Waals surface area contributed by atoms with E-state index in [1.807, 2.05) is 32.1 Å². The fraction of sp³-hybridized carbons (Fsp3) is 0.267. The molecule has 96 valence electrons. The number of nitrogens with one attached hydrogen (secondary N) is 1. The second-order valence-corrected chi connectivity index (χ2v) is 5.28. The summed E-state index contributed by atoms with van der Waals surface area (Å²) in [7, 11) is 1.79. The molecule has 0 aliphatic heterocycles. The molecule has 0 spiro atoms. The van der Waals surface area contributed by atoms with E-state index in [1.54, 1.807) is 18.4 Å². The number of hydrogen-bond donors (Lipinski definition) is 1. The zero-order valence-electron chi connectivity index (χ0n) is 11.4. The number of aliphatic imine (C=N–C) groups is 1. The Labute approximate surface area is 113 Å². The average molecular weight is 260 g/mol. The van der Waals surface area contributed by atoms with Gasteiger partial charge in [-0.25, -0.2) is 0 Å². The van der Waals surface area contributed by atoms with Crippen LogP contribution in [0.5, 0.6) is 0 Å². The maximum atomic E-state index is 4.31. The summed E-state index contributed by atoms with van der Waals surface area (Å²) in [5.41, 5.74) is 1.97. The lowest BCUT2D eigenvalue weighted by atomic mass is 10.2. The first-order valence-corrected chi connectivity index (χ1v) is 6.69. The van der Waals surface area contributed by atoms with Gasteiger partial charge in [-0.1, -0.05) is 18.7 Å². The minimum Gasteiger partial charge on any atom is -0.339 e. The van der Waals surface area contributed by atoms with Crippen molar-refractivity contribution in [2.24, 2.45) is 4.99 Å².